The Morgan fingerprint density at radius 1 is 1.33 bits per heavy atom. The van der Waals surface area contributed by atoms with E-state index in [0.29, 0.717) is 6.54 Å². The molecule has 3 rings (SSSR count). The molecule has 0 radical (unpaired) electrons. The van der Waals surface area contributed by atoms with Crippen molar-refractivity contribution >= 4 is 27.3 Å². The average Bonchev–Trinajstić information content (AvgIpc) is 3.17. The number of hydrogen-bond acceptors (Lipinski definition) is 4. The molecule has 8 heteroatoms. The molecule has 2 unspecified atom stereocenters. The molecule has 2 aliphatic rings. The SMILES string of the molecule is CCNC(=NCc1ccc(S(N)(=O)=O)s1)N1CC2CCCCC2C1. The standard InChI is InChI=1S/C16H26N4O2S2/c1-2-18-16(20-10-12-5-3-4-6-13(12)11-20)19-9-14-7-8-15(23-14)24(17,21)22/h7-8,12-13H,2-6,9-11H2,1H3,(H,18,19)(H2,17,21,22). The highest BCUT2D eigenvalue weighted by atomic mass is 32.2. The van der Waals surface area contributed by atoms with Gasteiger partial charge in [-0.2, -0.15) is 0 Å². The number of guanidine groups is 1. The van der Waals surface area contributed by atoms with Crippen molar-refractivity contribution in [1.82, 2.24) is 10.2 Å². The van der Waals surface area contributed by atoms with Gasteiger partial charge in [0, 0.05) is 24.5 Å². The molecule has 1 aliphatic carbocycles. The first-order valence-electron chi connectivity index (χ1n) is 8.62. The van der Waals surface area contributed by atoms with Gasteiger partial charge in [-0.25, -0.2) is 18.5 Å². The quantitative estimate of drug-likeness (QED) is 0.627. The van der Waals surface area contributed by atoms with Crippen molar-refractivity contribution in [3.8, 4) is 0 Å². The fourth-order valence-corrected chi connectivity index (χ4v) is 5.46. The van der Waals surface area contributed by atoms with E-state index in [9.17, 15) is 8.42 Å². The Labute approximate surface area is 148 Å². The minimum atomic E-state index is -3.62. The topological polar surface area (TPSA) is 87.8 Å². The number of sulfonamides is 1. The van der Waals surface area contributed by atoms with E-state index in [2.05, 4.69) is 17.1 Å². The summed E-state index contributed by atoms with van der Waals surface area (Å²) in [6.45, 7) is 5.56. The van der Waals surface area contributed by atoms with Gasteiger partial charge in [-0.3, -0.25) is 0 Å². The number of fused-ring (bicyclic) bond motifs is 1. The monoisotopic (exact) mass is 370 g/mol. The molecule has 1 aliphatic heterocycles. The highest BCUT2D eigenvalue weighted by Crippen LogP contribution is 2.36. The van der Waals surface area contributed by atoms with Crippen LogP contribution in [0, 0.1) is 11.8 Å². The molecule has 1 aromatic rings. The number of thiophene rings is 1. The molecule has 6 nitrogen and oxygen atoms in total. The second-order valence-electron chi connectivity index (χ2n) is 6.65. The summed E-state index contributed by atoms with van der Waals surface area (Å²) in [6, 6.07) is 3.35. The van der Waals surface area contributed by atoms with E-state index in [0.717, 1.165) is 42.3 Å². The molecule has 1 aromatic heterocycles. The molecule has 1 saturated carbocycles. The summed E-state index contributed by atoms with van der Waals surface area (Å²) in [5.74, 6) is 2.55. The van der Waals surface area contributed by atoms with Gasteiger partial charge in [0.05, 0.1) is 6.54 Å². The zero-order valence-corrected chi connectivity index (χ0v) is 15.7. The summed E-state index contributed by atoms with van der Waals surface area (Å²) in [7, 11) is -3.62. The lowest BCUT2D eigenvalue weighted by molar-refractivity contribution is 0.299. The molecule has 24 heavy (non-hydrogen) atoms. The van der Waals surface area contributed by atoms with Crippen LogP contribution in [0.2, 0.25) is 0 Å². The van der Waals surface area contributed by atoms with E-state index < -0.39 is 10.0 Å². The zero-order valence-electron chi connectivity index (χ0n) is 14.1. The van der Waals surface area contributed by atoms with Crippen LogP contribution in [0.4, 0.5) is 0 Å². The number of primary sulfonamides is 1. The minimum absolute atomic E-state index is 0.199. The number of aliphatic imine (C=N–C) groups is 1. The van der Waals surface area contributed by atoms with E-state index in [4.69, 9.17) is 10.1 Å². The van der Waals surface area contributed by atoms with Crippen molar-refractivity contribution in [1.29, 1.82) is 0 Å². The molecule has 0 spiro atoms. The molecule has 2 heterocycles. The molecule has 134 valence electrons. The highest BCUT2D eigenvalue weighted by Gasteiger charge is 2.35. The Balaban J connectivity index is 1.69. The Morgan fingerprint density at radius 3 is 2.54 bits per heavy atom. The first-order chi connectivity index (χ1) is 11.5. The third kappa shape index (κ3) is 4.10. The van der Waals surface area contributed by atoms with Crippen LogP contribution in [-0.4, -0.2) is 38.9 Å². The zero-order chi connectivity index (χ0) is 17.2. The molecular weight excluding hydrogens is 344 g/mol. The Morgan fingerprint density at radius 2 is 2.00 bits per heavy atom. The summed E-state index contributed by atoms with van der Waals surface area (Å²) >= 11 is 1.20. The van der Waals surface area contributed by atoms with Crippen LogP contribution >= 0.6 is 11.3 Å². The fourth-order valence-electron chi connectivity index (χ4n) is 3.75. The highest BCUT2D eigenvalue weighted by molar-refractivity contribution is 7.91. The summed E-state index contributed by atoms with van der Waals surface area (Å²) < 4.78 is 22.9. The lowest BCUT2D eigenvalue weighted by Gasteiger charge is -2.22. The normalized spacial score (nSPS) is 24.9. The second-order valence-corrected chi connectivity index (χ2v) is 9.60. The van der Waals surface area contributed by atoms with Crippen molar-refractivity contribution in [2.24, 2.45) is 22.0 Å². The predicted octanol–water partition coefficient (Wildman–Crippen LogP) is 1.98. The number of rotatable bonds is 4. The van der Waals surface area contributed by atoms with E-state index in [-0.39, 0.29) is 4.21 Å². The van der Waals surface area contributed by atoms with Crippen molar-refractivity contribution < 1.29 is 8.42 Å². The van der Waals surface area contributed by atoms with Crippen LogP contribution in [-0.2, 0) is 16.6 Å². The molecule has 1 saturated heterocycles. The van der Waals surface area contributed by atoms with Crippen LogP contribution in [0.3, 0.4) is 0 Å². The molecule has 2 fully saturated rings. The smallest absolute Gasteiger partial charge is 0.247 e. The van der Waals surface area contributed by atoms with Crippen molar-refractivity contribution in [3.05, 3.63) is 17.0 Å². The maximum Gasteiger partial charge on any atom is 0.247 e. The largest absolute Gasteiger partial charge is 0.357 e. The van der Waals surface area contributed by atoms with Crippen molar-refractivity contribution in [3.63, 3.8) is 0 Å². The van der Waals surface area contributed by atoms with Crippen LogP contribution in [0.1, 0.15) is 37.5 Å². The van der Waals surface area contributed by atoms with Gasteiger partial charge in [0.25, 0.3) is 0 Å². The van der Waals surface area contributed by atoms with Crippen molar-refractivity contribution in [2.75, 3.05) is 19.6 Å². The Bertz CT molecular complexity index is 685. The maximum atomic E-state index is 11.4. The third-order valence-electron chi connectivity index (χ3n) is 4.91. The van der Waals surface area contributed by atoms with Crippen molar-refractivity contribution in [2.45, 2.75) is 43.4 Å². The molecule has 0 aromatic carbocycles. The predicted molar refractivity (Wildman–Crippen MR) is 97.5 cm³/mol. The lowest BCUT2D eigenvalue weighted by atomic mass is 9.82. The lowest BCUT2D eigenvalue weighted by Crippen LogP contribution is -2.40. The van der Waals surface area contributed by atoms with Gasteiger partial charge in [0.1, 0.15) is 4.21 Å². The number of likely N-dealkylation sites (tertiary alicyclic amines) is 1. The van der Waals surface area contributed by atoms with Crippen LogP contribution in [0.15, 0.2) is 21.3 Å². The number of hydrogen-bond donors (Lipinski definition) is 2. The maximum absolute atomic E-state index is 11.4. The second kappa shape index (κ2) is 7.41. The molecular formula is C16H26N4O2S2. The Hall–Kier alpha value is -1.12. The first-order valence-corrected chi connectivity index (χ1v) is 11.0. The van der Waals surface area contributed by atoms with Gasteiger partial charge in [0.15, 0.2) is 5.96 Å². The molecule has 0 bridgehead atoms. The van der Waals surface area contributed by atoms with Gasteiger partial charge in [-0.05, 0) is 43.7 Å². The van der Waals surface area contributed by atoms with E-state index in [1.165, 1.54) is 37.0 Å². The summed E-state index contributed by atoms with van der Waals surface area (Å²) in [5.41, 5.74) is 0. The third-order valence-corrected chi connectivity index (χ3v) is 7.42. The number of nitrogens with one attached hydrogen (secondary N) is 1. The van der Waals surface area contributed by atoms with Gasteiger partial charge in [-0.1, -0.05) is 12.8 Å². The van der Waals surface area contributed by atoms with Gasteiger partial charge in [-0.15, -0.1) is 11.3 Å². The van der Waals surface area contributed by atoms with E-state index >= 15 is 0 Å². The van der Waals surface area contributed by atoms with Crippen LogP contribution in [0.25, 0.3) is 0 Å². The molecule has 3 N–H and O–H groups in total. The van der Waals surface area contributed by atoms with Crippen LogP contribution in [0.5, 0.6) is 0 Å². The average molecular weight is 371 g/mol. The summed E-state index contributed by atoms with van der Waals surface area (Å²) in [5, 5.41) is 8.55. The van der Waals surface area contributed by atoms with Crippen LogP contribution < -0.4 is 10.5 Å². The Kier molecular flexibility index (Phi) is 5.46. The molecule has 0 amide bonds. The first kappa shape index (κ1) is 17.7. The van der Waals surface area contributed by atoms with E-state index in [1.807, 2.05) is 0 Å². The van der Waals surface area contributed by atoms with Gasteiger partial charge >= 0.3 is 0 Å². The van der Waals surface area contributed by atoms with Gasteiger partial charge < -0.3 is 10.2 Å². The number of nitrogens with zero attached hydrogens (tertiary/aromatic N) is 2. The van der Waals surface area contributed by atoms with Gasteiger partial charge in [0.2, 0.25) is 10.0 Å². The summed E-state index contributed by atoms with van der Waals surface area (Å²) in [4.78, 5) is 8.01. The minimum Gasteiger partial charge on any atom is -0.357 e. The fraction of sp³-hybridized carbons (Fsp3) is 0.688. The summed E-state index contributed by atoms with van der Waals surface area (Å²) in [6.07, 6.45) is 5.38. The molecule has 2 atom stereocenters. The number of nitrogens with two attached hydrogens (primary N) is 1. The van der Waals surface area contributed by atoms with E-state index in [1.54, 1.807) is 12.1 Å².